The smallest absolute Gasteiger partial charge is 0.260 e. The van der Waals surface area contributed by atoms with Gasteiger partial charge in [-0.2, -0.15) is 0 Å². The van der Waals surface area contributed by atoms with E-state index in [1.54, 1.807) is 18.2 Å². The summed E-state index contributed by atoms with van der Waals surface area (Å²) in [7, 11) is 0. The number of carbonyl (C=O) groups excluding carboxylic acids is 1. The summed E-state index contributed by atoms with van der Waals surface area (Å²) in [6.07, 6.45) is 3.36. The van der Waals surface area contributed by atoms with Gasteiger partial charge in [-0.3, -0.25) is 9.69 Å². The second-order valence-electron chi connectivity index (χ2n) is 7.38. The van der Waals surface area contributed by atoms with Crippen LogP contribution in [0.4, 0.5) is 4.39 Å². The van der Waals surface area contributed by atoms with Crippen LogP contribution in [-0.4, -0.2) is 54.0 Å². The molecule has 0 aromatic heterocycles. The first-order valence-corrected chi connectivity index (χ1v) is 9.65. The number of para-hydroxylation sites is 1. The molecule has 1 saturated carbocycles. The molecule has 2 aliphatic rings. The zero-order valence-electron chi connectivity index (χ0n) is 15.4. The van der Waals surface area contributed by atoms with Crippen molar-refractivity contribution in [2.75, 3.05) is 26.2 Å². The molecule has 0 bridgehead atoms. The minimum Gasteiger partial charge on any atom is -0.481 e. The van der Waals surface area contributed by atoms with E-state index in [4.69, 9.17) is 4.74 Å². The SMILES string of the molecule is O=C(COc1ccccc1F)N1CCN(C2CC2)CC1Cc1ccccc1. The monoisotopic (exact) mass is 368 g/mol. The molecule has 1 aliphatic heterocycles. The lowest BCUT2D eigenvalue weighted by Crippen LogP contribution is -2.57. The molecule has 1 amide bonds. The molecule has 0 N–H and O–H groups in total. The van der Waals surface area contributed by atoms with E-state index in [-0.39, 0.29) is 24.3 Å². The number of benzene rings is 2. The predicted octanol–water partition coefficient (Wildman–Crippen LogP) is 3.12. The molecule has 0 radical (unpaired) electrons. The van der Waals surface area contributed by atoms with Crippen LogP contribution in [0.15, 0.2) is 54.6 Å². The normalized spacial score (nSPS) is 20.5. The number of piperazine rings is 1. The van der Waals surface area contributed by atoms with Crippen LogP contribution in [0, 0.1) is 5.82 Å². The highest BCUT2D eigenvalue weighted by atomic mass is 19.1. The van der Waals surface area contributed by atoms with Gasteiger partial charge in [0.25, 0.3) is 5.91 Å². The maximum Gasteiger partial charge on any atom is 0.260 e. The number of rotatable bonds is 6. The summed E-state index contributed by atoms with van der Waals surface area (Å²) in [5.74, 6) is -0.388. The van der Waals surface area contributed by atoms with Crippen molar-refractivity contribution in [1.29, 1.82) is 0 Å². The number of halogens is 1. The van der Waals surface area contributed by atoms with Crippen molar-refractivity contribution < 1.29 is 13.9 Å². The first-order chi connectivity index (χ1) is 13.2. The van der Waals surface area contributed by atoms with Gasteiger partial charge in [0.15, 0.2) is 18.2 Å². The molecule has 5 heteroatoms. The highest BCUT2D eigenvalue weighted by molar-refractivity contribution is 5.78. The Morgan fingerprint density at radius 1 is 1.04 bits per heavy atom. The van der Waals surface area contributed by atoms with Gasteiger partial charge in [-0.15, -0.1) is 0 Å². The molecular weight excluding hydrogens is 343 g/mol. The van der Waals surface area contributed by atoms with Crippen molar-refractivity contribution in [1.82, 2.24) is 9.80 Å². The van der Waals surface area contributed by atoms with E-state index in [9.17, 15) is 9.18 Å². The molecule has 142 valence electrons. The summed E-state index contributed by atoms with van der Waals surface area (Å²) in [5.41, 5.74) is 1.23. The molecular formula is C22H25FN2O2. The molecule has 4 nitrogen and oxygen atoms in total. The van der Waals surface area contributed by atoms with Gasteiger partial charge in [-0.05, 0) is 37.0 Å². The Morgan fingerprint density at radius 3 is 2.52 bits per heavy atom. The third-order valence-electron chi connectivity index (χ3n) is 5.40. The minimum absolute atomic E-state index is 0.0744. The lowest BCUT2D eigenvalue weighted by atomic mass is 10.0. The maximum absolute atomic E-state index is 13.7. The molecule has 2 fully saturated rings. The average Bonchev–Trinajstić information content (AvgIpc) is 3.53. The van der Waals surface area contributed by atoms with Crippen molar-refractivity contribution in [3.8, 4) is 5.75 Å². The van der Waals surface area contributed by atoms with Gasteiger partial charge in [-0.1, -0.05) is 42.5 Å². The summed E-state index contributed by atoms with van der Waals surface area (Å²) < 4.78 is 19.2. The van der Waals surface area contributed by atoms with E-state index in [1.807, 2.05) is 23.1 Å². The molecule has 1 atom stereocenters. The fraction of sp³-hybridized carbons (Fsp3) is 0.409. The molecule has 1 unspecified atom stereocenters. The van der Waals surface area contributed by atoms with Gasteiger partial charge in [0.05, 0.1) is 0 Å². The topological polar surface area (TPSA) is 32.8 Å². The van der Waals surface area contributed by atoms with Crippen molar-refractivity contribution >= 4 is 5.91 Å². The van der Waals surface area contributed by atoms with Gasteiger partial charge in [0, 0.05) is 31.7 Å². The Labute approximate surface area is 159 Å². The van der Waals surface area contributed by atoms with E-state index in [0.29, 0.717) is 12.6 Å². The number of amides is 1. The fourth-order valence-electron chi connectivity index (χ4n) is 3.82. The van der Waals surface area contributed by atoms with Crippen molar-refractivity contribution in [3.63, 3.8) is 0 Å². The van der Waals surface area contributed by atoms with Crippen LogP contribution in [0.2, 0.25) is 0 Å². The zero-order valence-corrected chi connectivity index (χ0v) is 15.4. The molecule has 1 heterocycles. The third kappa shape index (κ3) is 4.48. The molecule has 27 heavy (non-hydrogen) atoms. The van der Waals surface area contributed by atoms with Crippen molar-refractivity contribution in [3.05, 3.63) is 66.0 Å². The van der Waals surface area contributed by atoms with Crippen LogP contribution in [0.1, 0.15) is 18.4 Å². The first-order valence-electron chi connectivity index (χ1n) is 9.65. The van der Waals surface area contributed by atoms with Crippen LogP contribution >= 0.6 is 0 Å². The Morgan fingerprint density at radius 2 is 1.78 bits per heavy atom. The fourth-order valence-corrected chi connectivity index (χ4v) is 3.82. The Kier molecular flexibility index (Phi) is 5.39. The Hall–Kier alpha value is -2.40. The van der Waals surface area contributed by atoms with Gasteiger partial charge in [-0.25, -0.2) is 4.39 Å². The van der Waals surface area contributed by atoms with Crippen LogP contribution in [0.3, 0.4) is 0 Å². The van der Waals surface area contributed by atoms with Gasteiger partial charge >= 0.3 is 0 Å². The number of nitrogens with zero attached hydrogens (tertiary/aromatic N) is 2. The van der Waals surface area contributed by atoms with Crippen LogP contribution in [0.5, 0.6) is 5.75 Å². The third-order valence-corrected chi connectivity index (χ3v) is 5.40. The number of hydrogen-bond acceptors (Lipinski definition) is 3. The molecule has 0 spiro atoms. The minimum atomic E-state index is -0.440. The number of hydrogen-bond donors (Lipinski definition) is 0. The number of ether oxygens (including phenoxy) is 1. The summed E-state index contributed by atoms with van der Waals surface area (Å²) in [4.78, 5) is 17.3. The second-order valence-corrected chi connectivity index (χ2v) is 7.38. The van der Waals surface area contributed by atoms with Crippen LogP contribution in [-0.2, 0) is 11.2 Å². The Bertz CT molecular complexity index is 779. The van der Waals surface area contributed by atoms with Gasteiger partial charge < -0.3 is 9.64 Å². The molecule has 2 aromatic carbocycles. The quantitative estimate of drug-likeness (QED) is 0.785. The standard InChI is InChI=1S/C22H25FN2O2/c23-20-8-4-5-9-21(20)27-16-22(26)25-13-12-24(18-10-11-18)15-19(25)14-17-6-2-1-3-7-17/h1-9,18-19H,10-16H2. The van der Waals surface area contributed by atoms with E-state index in [2.05, 4.69) is 17.0 Å². The zero-order chi connectivity index (χ0) is 18.6. The largest absolute Gasteiger partial charge is 0.481 e. The molecule has 1 aliphatic carbocycles. The van der Waals surface area contributed by atoms with Gasteiger partial charge in [0.1, 0.15) is 0 Å². The number of carbonyl (C=O) groups is 1. The van der Waals surface area contributed by atoms with E-state index >= 15 is 0 Å². The maximum atomic E-state index is 13.7. The highest BCUT2D eigenvalue weighted by Crippen LogP contribution is 2.29. The first kappa shape index (κ1) is 18.0. The van der Waals surface area contributed by atoms with Crippen molar-refractivity contribution in [2.45, 2.75) is 31.3 Å². The van der Waals surface area contributed by atoms with Gasteiger partial charge in [0.2, 0.25) is 0 Å². The van der Waals surface area contributed by atoms with E-state index < -0.39 is 5.82 Å². The Balaban J connectivity index is 1.43. The predicted molar refractivity (Wildman–Crippen MR) is 102 cm³/mol. The summed E-state index contributed by atoms with van der Waals surface area (Å²) in [6, 6.07) is 17.3. The molecule has 2 aromatic rings. The second kappa shape index (κ2) is 8.09. The highest BCUT2D eigenvalue weighted by Gasteiger charge is 2.37. The van der Waals surface area contributed by atoms with E-state index in [0.717, 1.165) is 19.5 Å². The van der Waals surface area contributed by atoms with E-state index in [1.165, 1.54) is 24.5 Å². The average molecular weight is 368 g/mol. The summed E-state index contributed by atoms with van der Waals surface area (Å²) in [5, 5.41) is 0. The summed E-state index contributed by atoms with van der Waals surface area (Å²) >= 11 is 0. The van der Waals surface area contributed by atoms with Crippen LogP contribution in [0.25, 0.3) is 0 Å². The molecule has 4 rings (SSSR count). The van der Waals surface area contributed by atoms with Crippen LogP contribution < -0.4 is 4.74 Å². The molecule has 1 saturated heterocycles. The van der Waals surface area contributed by atoms with Crippen molar-refractivity contribution in [2.24, 2.45) is 0 Å². The lowest BCUT2D eigenvalue weighted by molar-refractivity contribution is -0.138. The lowest BCUT2D eigenvalue weighted by Gasteiger charge is -2.41. The summed E-state index contributed by atoms with van der Waals surface area (Å²) in [6.45, 7) is 2.37.